The highest BCUT2D eigenvalue weighted by molar-refractivity contribution is 7.92. The Labute approximate surface area is 75.3 Å². The van der Waals surface area contributed by atoms with Gasteiger partial charge in [-0.1, -0.05) is 0 Å². The van der Waals surface area contributed by atoms with E-state index in [1.807, 2.05) is 0 Å². The molecule has 0 atom stereocenters. The van der Waals surface area contributed by atoms with Gasteiger partial charge in [-0.05, 0) is 12.1 Å². The Bertz CT molecular complexity index is 408. The summed E-state index contributed by atoms with van der Waals surface area (Å²) in [6, 6.07) is 4.51. The monoisotopic (exact) mass is 198 g/mol. The summed E-state index contributed by atoms with van der Waals surface area (Å²) >= 11 is 0. The number of nitriles is 1. The van der Waals surface area contributed by atoms with Crippen LogP contribution in [0.4, 0.5) is 5.82 Å². The fraction of sp³-hybridized carbons (Fsp3) is 0.167. The highest BCUT2D eigenvalue weighted by Gasteiger charge is 2.09. The fourth-order valence-corrected chi connectivity index (χ4v) is 1.31. The Hall–Kier alpha value is -1.68. The first-order chi connectivity index (χ1) is 6.14. The number of nitrogens with zero attached hydrogens (tertiary/aromatic N) is 3. The van der Waals surface area contributed by atoms with Gasteiger partial charge in [-0.2, -0.15) is 10.4 Å². The van der Waals surface area contributed by atoms with Crippen molar-refractivity contribution in [1.29, 1.82) is 5.26 Å². The molecule has 0 saturated carbocycles. The molecule has 0 spiro atoms. The maximum atomic E-state index is 11.0. The van der Waals surface area contributed by atoms with Crippen LogP contribution in [0.3, 0.4) is 0 Å². The van der Waals surface area contributed by atoms with Gasteiger partial charge in [0, 0.05) is 6.20 Å². The Morgan fingerprint density at radius 1 is 1.62 bits per heavy atom. The first kappa shape index (κ1) is 9.41. The summed E-state index contributed by atoms with van der Waals surface area (Å²) in [6.07, 6.45) is 1.42. The highest BCUT2D eigenvalue weighted by Crippen LogP contribution is 2.01. The summed E-state index contributed by atoms with van der Waals surface area (Å²) < 4.78 is 24.1. The molecule has 0 aliphatic heterocycles. The van der Waals surface area contributed by atoms with E-state index in [0.29, 0.717) is 0 Å². The van der Waals surface area contributed by atoms with Gasteiger partial charge in [0.25, 0.3) is 0 Å². The van der Waals surface area contributed by atoms with Crippen molar-refractivity contribution in [2.75, 3.05) is 10.5 Å². The van der Waals surface area contributed by atoms with E-state index in [1.54, 1.807) is 0 Å². The Morgan fingerprint density at radius 3 is 2.92 bits per heavy atom. The summed E-state index contributed by atoms with van der Waals surface area (Å²) in [6.45, 7) is 0. The van der Waals surface area contributed by atoms with Gasteiger partial charge in [0.1, 0.15) is 0 Å². The minimum atomic E-state index is -3.60. The zero-order chi connectivity index (χ0) is 9.73. The molecule has 1 aromatic heterocycles. The molecule has 6 nitrogen and oxygen atoms in total. The quantitative estimate of drug-likeness (QED) is 0.721. The zero-order valence-corrected chi connectivity index (χ0v) is 7.32. The molecule has 0 amide bonds. The van der Waals surface area contributed by atoms with Crippen molar-refractivity contribution in [3.05, 3.63) is 18.3 Å². The molecular weight excluding hydrogens is 192 g/mol. The number of anilines is 1. The number of aromatic nitrogens is 2. The van der Waals surface area contributed by atoms with Crippen LogP contribution in [0.15, 0.2) is 18.3 Å². The third-order valence-electron chi connectivity index (χ3n) is 1.09. The normalized spacial score (nSPS) is 10.4. The molecule has 0 fully saturated rings. The molecule has 0 radical (unpaired) electrons. The van der Waals surface area contributed by atoms with Crippen LogP contribution in [0, 0.1) is 11.3 Å². The maximum absolute atomic E-state index is 11.0. The molecule has 0 aromatic carbocycles. The zero-order valence-electron chi connectivity index (χ0n) is 6.51. The summed E-state index contributed by atoms with van der Waals surface area (Å²) in [7, 11) is -3.60. The molecule has 0 unspecified atom stereocenters. The fourth-order valence-electron chi connectivity index (χ4n) is 0.636. The van der Waals surface area contributed by atoms with E-state index in [1.165, 1.54) is 24.4 Å². The van der Waals surface area contributed by atoms with Crippen LogP contribution in [-0.2, 0) is 10.0 Å². The lowest BCUT2D eigenvalue weighted by molar-refractivity contribution is 0.604. The smallest absolute Gasteiger partial charge is 0.247 e. The van der Waals surface area contributed by atoms with Gasteiger partial charge < -0.3 is 0 Å². The second-order valence-electron chi connectivity index (χ2n) is 2.13. The maximum Gasteiger partial charge on any atom is 0.247 e. The van der Waals surface area contributed by atoms with Crippen molar-refractivity contribution < 1.29 is 8.42 Å². The second kappa shape index (κ2) is 3.82. The summed E-state index contributed by atoms with van der Waals surface area (Å²) in [5.41, 5.74) is 0. The molecule has 0 bridgehead atoms. The minimum absolute atomic E-state index is 0.109. The third kappa shape index (κ3) is 3.04. The SMILES string of the molecule is N#CCS(=O)(=O)Nc1cccnn1. The van der Waals surface area contributed by atoms with Gasteiger partial charge >= 0.3 is 0 Å². The van der Waals surface area contributed by atoms with Crippen molar-refractivity contribution in [2.24, 2.45) is 0 Å². The van der Waals surface area contributed by atoms with Crippen LogP contribution in [-0.4, -0.2) is 24.4 Å². The highest BCUT2D eigenvalue weighted by atomic mass is 32.2. The lowest BCUT2D eigenvalue weighted by Gasteiger charge is -2.01. The molecule has 1 rings (SSSR count). The van der Waals surface area contributed by atoms with Gasteiger partial charge in [-0.25, -0.2) is 8.42 Å². The predicted octanol–water partition coefficient (Wildman–Crippen LogP) is -0.258. The minimum Gasteiger partial charge on any atom is -0.265 e. The Morgan fingerprint density at radius 2 is 2.38 bits per heavy atom. The van der Waals surface area contributed by atoms with Gasteiger partial charge in [0.05, 0.1) is 6.07 Å². The molecule has 0 aliphatic rings. The molecule has 68 valence electrons. The van der Waals surface area contributed by atoms with Crippen LogP contribution in [0.1, 0.15) is 0 Å². The van der Waals surface area contributed by atoms with E-state index < -0.39 is 15.8 Å². The van der Waals surface area contributed by atoms with Crippen LogP contribution < -0.4 is 4.72 Å². The average molecular weight is 198 g/mol. The molecule has 13 heavy (non-hydrogen) atoms. The van der Waals surface area contributed by atoms with E-state index in [0.717, 1.165) is 0 Å². The van der Waals surface area contributed by atoms with Gasteiger partial charge in [-0.15, -0.1) is 5.10 Å². The molecule has 1 N–H and O–H groups in total. The van der Waals surface area contributed by atoms with Crippen molar-refractivity contribution in [2.45, 2.75) is 0 Å². The van der Waals surface area contributed by atoms with Crippen LogP contribution in [0.2, 0.25) is 0 Å². The van der Waals surface area contributed by atoms with E-state index >= 15 is 0 Å². The number of rotatable bonds is 3. The van der Waals surface area contributed by atoms with E-state index in [4.69, 9.17) is 5.26 Å². The van der Waals surface area contributed by atoms with Crippen molar-refractivity contribution >= 4 is 15.8 Å². The van der Waals surface area contributed by atoms with Crippen LogP contribution >= 0.6 is 0 Å². The van der Waals surface area contributed by atoms with E-state index in [-0.39, 0.29) is 5.82 Å². The first-order valence-electron chi connectivity index (χ1n) is 3.29. The van der Waals surface area contributed by atoms with Crippen LogP contribution in [0.25, 0.3) is 0 Å². The lowest BCUT2D eigenvalue weighted by atomic mass is 10.6. The third-order valence-corrected chi connectivity index (χ3v) is 2.12. The van der Waals surface area contributed by atoms with Crippen LogP contribution in [0.5, 0.6) is 0 Å². The van der Waals surface area contributed by atoms with E-state index in [9.17, 15) is 8.42 Å². The predicted molar refractivity (Wildman–Crippen MR) is 45.1 cm³/mol. The van der Waals surface area contributed by atoms with Crippen molar-refractivity contribution in [1.82, 2.24) is 10.2 Å². The second-order valence-corrected chi connectivity index (χ2v) is 3.85. The average Bonchev–Trinajstić information content (AvgIpc) is 2.04. The standard InChI is InChI=1S/C6H6N4O2S/c7-3-5-13(11,12)10-6-2-1-4-8-9-6/h1-2,4H,5H2,(H,9,10). The Balaban J connectivity index is 2.77. The summed E-state index contributed by atoms with van der Waals surface area (Å²) in [5.74, 6) is -0.485. The number of sulfonamides is 1. The van der Waals surface area contributed by atoms with Gasteiger partial charge in [0.2, 0.25) is 10.0 Å². The lowest BCUT2D eigenvalue weighted by Crippen LogP contribution is -2.16. The Kier molecular flexibility index (Phi) is 2.76. The number of nitrogens with one attached hydrogen (secondary N) is 1. The van der Waals surface area contributed by atoms with Crippen molar-refractivity contribution in [3.63, 3.8) is 0 Å². The number of hydrogen-bond acceptors (Lipinski definition) is 5. The van der Waals surface area contributed by atoms with Gasteiger partial charge in [0.15, 0.2) is 11.6 Å². The molecule has 1 heterocycles. The summed E-state index contributed by atoms with van der Waals surface area (Å²) in [4.78, 5) is 0. The van der Waals surface area contributed by atoms with Gasteiger partial charge in [-0.3, -0.25) is 4.72 Å². The van der Waals surface area contributed by atoms with Crippen molar-refractivity contribution in [3.8, 4) is 6.07 Å². The first-order valence-corrected chi connectivity index (χ1v) is 4.94. The largest absolute Gasteiger partial charge is 0.265 e. The molecule has 0 aliphatic carbocycles. The topological polar surface area (TPSA) is 95.7 Å². The molecular formula is C6H6N4O2S. The molecule has 7 heteroatoms. The molecule has 0 saturated heterocycles. The number of hydrogen-bond donors (Lipinski definition) is 1. The van der Waals surface area contributed by atoms with E-state index in [2.05, 4.69) is 14.9 Å². The molecule has 1 aromatic rings. The summed E-state index contributed by atoms with van der Waals surface area (Å²) in [5, 5.41) is 15.1.